The molecule has 0 radical (unpaired) electrons. The van der Waals surface area contributed by atoms with Crippen LogP contribution in [0, 0.1) is 17.8 Å². The Kier molecular flexibility index (Phi) is 35.6. The summed E-state index contributed by atoms with van der Waals surface area (Å²) in [4.78, 5) is 101. The maximum atomic E-state index is 14.5. The number of ether oxygens (including phenoxy) is 7. The van der Waals surface area contributed by atoms with Crippen LogP contribution in [0.3, 0.4) is 0 Å². The number of nitrogens with zero attached hydrogens (tertiary/aromatic N) is 4. The Morgan fingerprint density at radius 1 is 0.431 bits per heavy atom. The van der Waals surface area contributed by atoms with Crippen molar-refractivity contribution in [1.29, 1.82) is 0 Å². The summed E-state index contributed by atoms with van der Waals surface area (Å²) in [6.45, 7) is 18.6. The molecular weight excluding hydrogens is 2030 g/mol. The largest absolute Gasteiger partial charge is 0.496 e. The number of unbranched alkanes of at least 4 members (excludes halogenated alkanes) is 4. The highest BCUT2D eigenvalue weighted by molar-refractivity contribution is 14.1. The summed E-state index contributed by atoms with van der Waals surface area (Å²) >= 11 is 44.8. The molecule has 0 spiro atoms. The van der Waals surface area contributed by atoms with Crippen molar-refractivity contribution in [3.8, 4) is 17.2 Å². The second kappa shape index (κ2) is 43.8. The first kappa shape index (κ1) is 99.8. The van der Waals surface area contributed by atoms with Gasteiger partial charge < -0.3 is 44.2 Å². The predicted molar refractivity (Wildman–Crippen MR) is 513 cm³/mol. The number of rotatable bonds is 20. The molecular formula is C94H117Cl6I3N6O14. The van der Waals surface area contributed by atoms with E-state index in [0.29, 0.717) is 80.3 Å². The average molecular weight is 2150 g/mol. The molecule has 0 aromatic heterocycles. The number of carbonyl (C=O) groups is 7. The summed E-state index contributed by atoms with van der Waals surface area (Å²) in [6.07, 6.45) is 10.9. The molecule has 6 aromatic carbocycles. The molecule has 12 atom stereocenters. The van der Waals surface area contributed by atoms with Gasteiger partial charge in [0.2, 0.25) is 0 Å². The zero-order chi connectivity index (χ0) is 89.7. The SMILES string of the molecule is COc1cc(Cl)ccc1[C@@H]1CC[C@@]2(N)C(=O)N(C(=O)OC(C)(C)C)C[C@H]2[C@H]1c1ccc(Cl)cc1.COc1cc(Cl)ccc1[C@@H]1CC[C@@]2(N3CCCCC3)C(=O)N(C(=O)OC(C)(C)C)C[C@H]2[C@H]1c1ccc(Cl)cc1.COc1cc(Cl)ccc1[C@@H]1CC[C@@]2(NC(=O)OCCCCCI)C(=O)N(C(=O)OC(C)(C)C)C[C@H]2[C@H]1c1ccc(Cl)cc1.ICCCCCI. The quantitative estimate of drug-likeness (QED) is 0.0313. The molecule has 29 heteroatoms. The van der Waals surface area contributed by atoms with Gasteiger partial charge in [-0.05, 0) is 314 Å². The number of alkyl carbamates (subject to hydrolysis) is 1. The third kappa shape index (κ3) is 24.0. The lowest BCUT2D eigenvalue weighted by atomic mass is 9.59. The highest BCUT2D eigenvalue weighted by atomic mass is 127. The number of nitrogens with one attached hydrogen (secondary N) is 1. The lowest BCUT2D eigenvalue weighted by Crippen LogP contribution is -2.62. The van der Waals surface area contributed by atoms with Crippen molar-refractivity contribution >= 4 is 179 Å². The van der Waals surface area contributed by atoms with Gasteiger partial charge in [0.25, 0.3) is 17.7 Å². The fourth-order valence-corrected chi connectivity index (χ4v) is 21.7. The summed E-state index contributed by atoms with van der Waals surface area (Å²) < 4.78 is 43.4. The minimum absolute atomic E-state index is 0.00135. The van der Waals surface area contributed by atoms with Gasteiger partial charge in [-0.3, -0.25) is 19.3 Å². The Hall–Kier alpha value is -5.34. The first-order chi connectivity index (χ1) is 58.3. The van der Waals surface area contributed by atoms with Crippen LogP contribution >= 0.6 is 137 Å². The number of likely N-dealkylation sites (tertiary alicyclic amines) is 4. The van der Waals surface area contributed by atoms with Crippen LogP contribution in [-0.4, -0.2) is 169 Å². The Morgan fingerprint density at radius 3 is 1.17 bits per heavy atom. The molecule has 123 heavy (non-hydrogen) atoms. The van der Waals surface area contributed by atoms with Crippen molar-refractivity contribution in [1.82, 2.24) is 24.9 Å². The van der Waals surface area contributed by atoms with Gasteiger partial charge in [-0.25, -0.2) is 33.9 Å². The Labute approximate surface area is 796 Å². The summed E-state index contributed by atoms with van der Waals surface area (Å²) in [6, 6.07) is 40.0. The molecule has 4 heterocycles. The molecule has 0 bridgehead atoms. The number of hydrogen-bond acceptors (Lipinski definition) is 16. The number of nitrogens with two attached hydrogens (primary N) is 1. The topological polar surface area (TPSA) is 235 Å². The van der Waals surface area contributed by atoms with Crippen molar-refractivity contribution in [3.05, 3.63) is 191 Å². The number of hydrogen-bond donors (Lipinski definition) is 2. The molecule has 3 saturated carbocycles. The molecule has 20 nitrogen and oxygen atoms in total. The van der Waals surface area contributed by atoms with Crippen molar-refractivity contribution in [2.45, 2.75) is 228 Å². The summed E-state index contributed by atoms with van der Waals surface area (Å²) in [5, 5.41) is 6.57. The first-order valence-electron chi connectivity index (χ1n) is 42.4. The molecule has 7 amide bonds. The van der Waals surface area contributed by atoms with Gasteiger partial charge in [-0.15, -0.1) is 0 Å². The van der Waals surface area contributed by atoms with Gasteiger partial charge in [0.15, 0.2) is 0 Å². The van der Waals surface area contributed by atoms with Crippen molar-refractivity contribution in [3.63, 3.8) is 0 Å². The summed E-state index contributed by atoms with van der Waals surface area (Å²) in [7, 11) is 4.88. The van der Waals surface area contributed by atoms with Crippen LogP contribution in [0.1, 0.15) is 228 Å². The van der Waals surface area contributed by atoms with E-state index in [1.54, 1.807) is 75.0 Å². The first-order valence-corrected chi connectivity index (χ1v) is 49.2. The van der Waals surface area contributed by atoms with Crippen molar-refractivity contribution < 1.29 is 66.7 Å². The number of carbonyl (C=O) groups excluding carboxylic acids is 7. The second-order valence-electron chi connectivity index (χ2n) is 35.8. The Morgan fingerprint density at radius 2 is 0.772 bits per heavy atom. The average Bonchev–Trinajstić information content (AvgIpc) is 1.60. The van der Waals surface area contributed by atoms with Crippen molar-refractivity contribution in [2.24, 2.45) is 23.5 Å². The normalized spacial score (nSPS) is 25.0. The molecule has 0 unspecified atom stereocenters. The fourth-order valence-electron chi connectivity index (χ4n) is 19.2. The molecule has 6 aromatic rings. The number of imide groups is 3. The van der Waals surface area contributed by atoms with Gasteiger partial charge in [0, 0.05) is 67.5 Å². The second-order valence-corrected chi connectivity index (χ2v) is 41.6. The number of methoxy groups -OCH3 is 3. The minimum atomic E-state index is -1.38. The van der Waals surface area contributed by atoms with Crippen LogP contribution in [0.15, 0.2) is 127 Å². The van der Waals surface area contributed by atoms with Gasteiger partial charge in [-0.2, -0.15) is 0 Å². The molecule has 4 aliphatic heterocycles. The summed E-state index contributed by atoms with van der Waals surface area (Å²) in [5.74, 6) is -0.434. The van der Waals surface area contributed by atoms with E-state index in [2.05, 4.69) is 90.1 Å². The standard InChI is InChI=1S/C32H39Cl2IN2O6.C31H38Cl2N2O4.C26H30Cl2N2O4.C5H10I2/c1-31(2,3)43-30(40)37-19-25-27(20-8-10-21(33)11-9-20)24(23-13-12-22(34)18-26(23)41-4)14-15-32(25,28(37)38)36-29(39)42-17-7-5-6-16-35;1-30(2,3)39-29(37)35-19-25-27(20-8-10-21(32)11-9-20)24(23-13-12-22(33)18-26(23)38-4)14-15-31(25,28(35)36)34-16-6-5-7-17-34;1-25(2,3)34-24(32)30-14-20-22(15-5-7-16(27)8-6-15)19(11-12-26(20,29)23(30)31)18-10-9-17(28)13-21(18)33-4;6-4-2-1-3-5-7/h8-13,18,24-25,27H,5-7,14-17,19H2,1-4H3,(H,36,39);8-13,18,24-25,27H,5-7,14-17,19H2,1-4H3;5-10,13,19-20,22H,11-12,14,29H2,1-4H3;1-5H2/t24-,25-,27-,32-;24-,25-,27-,31-;19-,20-,22-,26-;/m000./s1. The van der Waals surface area contributed by atoms with E-state index in [1.807, 2.05) is 124 Å². The molecule has 7 aliphatic rings. The van der Waals surface area contributed by atoms with Crippen LogP contribution in [0.4, 0.5) is 19.2 Å². The van der Waals surface area contributed by atoms with Crippen LogP contribution in [0.5, 0.6) is 17.2 Å². The smallest absolute Gasteiger partial charge is 0.417 e. The van der Waals surface area contributed by atoms with Crippen LogP contribution in [0.25, 0.3) is 0 Å². The zero-order valence-corrected chi connectivity index (χ0v) is 83.3. The van der Waals surface area contributed by atoms with E-state index in [1.165, 1.54) is 37.9 Å². The lowest BCUT2D eigenvalue weighted by molar-refractivity contribution is -0.142. The number of benzene rings is 6. The summed E-state index contributed by atoms with van der Waals surface area (Å²) in [5.41, 5.74) is 7.30. The number of halogens is 9. The van der Waals surface area contributed by atoms with Gasteiger partial charge >= 0.3 is 24.4 Å². The van der Waals surface area contributed by atoms with Gasteiger partial charge in [-0.1, -0.05) is 205 Å². The molecule has 3 aliphatic carbocycles. The van der Waals surface area contributed by atoms with E-state index in [9.17, 15) is 33.6 Å². The van der Waals surface area contributed by atoms with E-state index >= 15 is 0 Å². The minimum Gasteiger partial charge on any atom is -0.496 e. The number of fused-ring (bicyclic) bond motifs is 3. The highest BCUT2D eigenvalue weighted by Crippen LogP contribution is 2.61. The third-order valence-corrected chi connectivity index (χ3v) is 28.3. The van der Waals surface area contributed by atoms with E-state index in [4.69, 9.17) is 108 Å². The van der Waals surface area contributed by atoms with E-state index in [0.717, 1.165) is 106 Å². The van der Waals surface area contributed by atoms with Crippen molar-refractivity contribution in [2.75, 3.05) is 73.9 Å². The number of amides is 7. The number of piperidine rings is 1. The van der Waals surface area contributed by atoms with E-state index < -0.39 is 69.6 Å². The maximum absolute atomic E-state index is 14.5. The lowest BCUT2D eigenvalue weighted by Gasteiger charge is -2.52. The molecule has 7 fully saturated rings. The van der Waals surface area contributed by atoms with Crippen LogP contribution in [-0.2, 0) is 33.3 Å². The van der Waals surface area contributed by atoms with Crippen LogP contribution in [0.2, 0.25) is 30.1 Å². The molecule has 13 rings (SSSR count). The number of alkyl halides is 3. The molecule has 4 saturated heterocycles. The van der Waals surface area contributed by atoms with Gasteiger partial charge in [0.1, 0.15) is 50.7 Å². The van der Waals surface area contributed by atoms with E-state index in [-0.39, 0.29) is 78.9 Å². The van der Waals surface area contributed by atoms with Crippen LogP contribution < -0.4 is 25.3 Å². The predicted octanol–water partition coefficient (Wildman–Crippen LogP) is 24.2. The fraction of sp³-hybridized carbons (Fsp3) is 0.543. The molecule has 670 valence electrons. The highest BCUT2D eigenvalue weighted by Gasteiger charge is 2.67. The zero-order valence-electron chi connectivity index (χ0n) is 72.3. The Balaban J connectivity index is 0.000000187. The van der Waals surface area contributed by atoms with Gasteiger partial charge in [0.05, 0.1) is 27.9 Å². The monoisotopic (exact) mass is 2140 g/mol. The third-order valence-electron chi connectivity index (χ3n) is 24.5. The molecule has 3 N–H and O–H groups in total. The maximum Gasteiger partial charge on any atom is 0.417 e. The Bertz CT molecular complexity index is 4640.